The highest BCUT2D eigenvalue weighted by molar-refractivity contribution is 5.43. The molecule has 0 fully saturated rings. The maximum Gasteiger partial charge on any atom is 0.136 e. The normalized spacial score (nSPS) is 10.2. The third kappa shape index (κ3) is 5.37. The fraction of sp³-hybridized carbons (Fsp3) is 0.294. The van der Waals surface area contributed by atoms with Gasteiger partial charge in [0, 0.05) is 9.82 Å². The number of hydrogen-bond donors (Lipinski definition) is 0. The van der Waals surface area contributed by atoms with Crippen molar-refractivity contribution in [2.75, 3.05) is 0 Å². The van der Waals surface area contributed by atoms with Gasteiger partial charge in [-0.15, -0.1) is 0 Å². The first kappa shape index (κ1) is 20.1. The molecule has 0 bridgehead atoms. The van der Waals surface area contributed by atoms with E-state index in [2.05, 4.69) is 20.1 Å². The van der Waals surface area contributed by atoms with Gasteiger partial charge in [0.2, 0.25) is 0 Å². The van der Waals surface area contributed by atoms with Gasteiger partial charge in [0.05, 0.1) is 0 Å². The van der Waals surface area contributed by atoms with Gasteiger partial charge in [-0.25, -0.2) is 17.6 Å². The summed E-state index contributed by atoms with van der Waals surface area (Å²) in [6.07, 6.45) is 2.71. The molecule has 10 heteroatoms. The zero-order chi connectivity index (χ0) is 19.8. The first-order valence-corrected chi connectivity index (χ1v) is 8.02. The number of hydrogen-bond acceptors (Lipinski definition) is 2. The Balaban J connectivity index is 1.88. The van der Waals surface area contributed by atoms with Gasteiger partial charge in [0.15, 0.2) is 0 Å². The molecule has 2 aromatic carbocycles. The molecule has 0 radical (unpaired) electrons. The van der Waals surface area contributed by atoms with E-state index in [0.29, 0.717) is 43.2 Å². The minimum absolute atomic E-state index is 0.406. The minimum atomic E-state index is -0.922. The molecular formula is C17H14F4N6. The number of nitrogens with zero attached hydrogens (tertiary/aromatic N) is 6. The Hall–Kier alpha value is -3.22. The molecule has 0 saturated heterocycles. The number of azide groups is 2. The summed E-state index contributed by atoms with van der Waals surface area (Å²) in [4.78, 5) is 4.74. The Morgan fingerprint density at radius 3 is 1.26 bits per heavy atom. The van der Waals surface area contributed by atoms with Crippen LogP contribution in [0.5, 0.6) is 0 Å². The lowest BCUT2D eigenvalue weighted by atomic mass is 10.0. The van der Waals surface area contributed by atoms with Gasteiger partial charge in [0.1, 0.15) is 34.6 Å². The number of benzene rings is 2. The minimum Gasteiger partial charge on any atom is -0.206 e. The summed E-state index contributed by atoms with van der Waals surface area (Å²) in [5.74, 6) is -3.69. The molecule has 0 heterocycles. The summed E-state index contributed by atoms with van der Waals surface area (Å²) < 4.78 is 54.6. The van der Waals surface area contributed by atoms with Gasteiger partial charge in [0.25, 0.3) is 0 Å². The van der Waals surface area contributed by atoms with Crippen molar-refractivity contribution in [3.8, 4) is 0 Å². The summed E-state index contributed by atoms with van der Waals surface area (Å²) in [5.41, 5.74) is 16.1. The highest BCUT2D eigenvalue weighted by Crippen LogP contribution is 2.26. The monoisotopic (exact) mass is 378 g/mol. The van der Waals surface area contributed by atoms with Crippen LogP contribution in [0.1, 0.15) is 30.4 Å². The molecule has 0 aliphatic rings. The van der Waals surface area contributed by atoms with E-state index in [4.69, 9.17) is 11.1 Å². The second-order valence-corrected chi connectivity index (χ2v) is 5.76. The Kier molecular flexibility index (Phi) is 7.05. The van der Waals surface area contributed by atoms with Crippen molar-refractivity contribution >= 4 is 11.4 Å². The van der Waals surface area contributed by atoms with E-state index in [1.807, 2.05) is 0 Å². The second-order valence-electron chi connectivity index (χ2n) is 5.76. The second kappa shape index (κ2) is 9.47. The lowest BCUT2D eigenvalue weighted by Gasteiger charge is -2.06. The molecule has 6 nitrogen and oxygen atoms in total. The Morgan fingerprint density at radius 1 is 0.630 bits per heavy atom. The van der Waals surface area contributed by atoms with E-state index >= 15 is 0 Å². The third-order valence-electron chi connectivity index (χ3n) is 3.87. The van der Waals surface area contributed by atoms with Gasteiger partial charge >= 0.3 is 0 Å². The summed E-state index contributed by atoms with van der Waals surface area (Å²) >= 11 is 0. The van der Waals surface area contributed by atoms with Crippen LogP contribution in [0.3, 0.4) is 0 Å². The van der Waals surface area contributed by atoms with Crippen LogP contribution in [0.2, 0.25) is 0 Å². The molecule has 27 heavy (non-hydrogen) atoms. The molecule has 0 amide bonds. The molecule has 0 aliphatic heterocycles. The largest absolute Gasteiger partial charge is 0.206 e. The zero-order valence-electron chi connectivity index (χ0n) is 14.0. The molecule has 0 saturated carbocycles. The Labute approximate surface area is 151 Å². The smallest absolute Gasteiger partial charge is 0.136 e. The average molecular weight is 378 g/mol. The van der Waals surface area contributed by atoms with Crippen LogP contribution < -0.4 is 0 Å². The van der Waals surface area contributed by atoms with Crippen molar-refractivity contribution in [3.63, 3.8) is 0 Å². The fourth-order valence-corrected chi connectivity index (χ4v) is 2.64. The van der Waals surface area contributed by atoms with Gasteiger partial charge in [-0.2, -0.15) is 0 Å². The SMILES string of the molecule is [N-]=[N+]=Nc1c(F)cc(CCCCCc2cc(F)c(N=[N+]=[N-])c(F)c2)cc1F. The van der Waals surface area contributed by atoms with Gasteiger partial charge in [-0.05, 0) is 72.1 Å². The summed E-state index contributed by atoms with van der Waals surface area (Å²) in [6, 6.07) is 4.47. The topological polar surface area (TPSA) is 97.5 Å². The van der Waals surface area contributed by atoms with Crippen LogP contribution in [0.4, 0.5) is 28.9 Å². The van der Waals surface area contributed by atoms with E-state index in [9.17, 15) is 17.6 Å². The van der Waals surface area contributed by atoms with Gasteiger partial charge in [-0.1, -0.05) is 16.6 Å². The molecule has 0 spiro atoms. The highest BCUT2D eigenvalue weighted by atomic mass is 19.1. The lowest BCUT2D eigenvalue weighted by Crippen LogP contribution is -1.93. The lowest BCUT2D eigenvalue weighted by molar-refractivity contribution is 0.578. The molecule has 140 valence electrons. The van der Waals surface area contributed by atoms with Crippen molar-refractivity contribution in [3.05, 3.63) is 79.5 Å². The quantitative estimate of drug-likeness (QED) is 0.154. The van der Waals surface area contributed by atoms with Crippen LogP contribution in [0.15, 0.2) is 34.5 Å². The maximum atomic E-state index is 13.7. The predicted octanol–water partition coefficient (Wildman–Crippen LogP) is 7.08. The molecule has 0 aromatic heterocycles. The van der Waals surface area contributed by atoms with E-state index in [0.717, 1.165) is 24.3 Å². The Morgan fingerprint density at radius 2 is 0.963 bits per heavy atom. The zero-order valence-corrected chi connectivity index (χ0v) is 14.0. The first-order chi connectivity index (χ1) is 13.0. The van der Waals surface area contributed by atoms with Crippen LogP contribution >= 0.6 is 0 Å². The van der Waals surface area contributed by atoms with Crippen molar-refractivity contribution < 1.29 is 17.6 Å². The fourth-order valence-electron chi connectivity index (χ4n) is 2.64. The van der Waals surface area contributed by atoms with Crippen molar-refractivity contribution in [2.24, 2.45) is 10.2 Å². The van der Waals surface area contributed by atoms with Crippen molar-refractivity contribution in [1.82, 2.24) is 0 Å². The first-order valence-electron chi connectivity index (χ1n) is 8.02. The molecule has 0 aliphatic carbocycles. The van der Waals surface area contributed by atoms with E-state index in [1.54, 1.807) is 0 Å². The molecule has 0 N–H and O–H groups in total. The molecule has 0 atom stereocenters. The average Bonchev–Trinajstić information content (AvgIpc) is 2.61. The summed E-state index contributed by atoms with van der Waals surface area (Å²) in [5, 5.41) is 5.93. The van der Waals surface area contributed by atoms with Gasteiger partial charge < -0.3 is 0 Å². The van der Waals surface area contributed by atoms with E-state index in [1.165, 1.54) is 0 Å². The van der Waals surface area contributed by atoms with Crippen molar-refractivity contribution in [2.45, 2.75) is 32.1 Å². The summed E-state index contributed by atoms with van der Waals surface area (Å²) in [7, 11) is 0. The molecule has 2 rings (SSSR count). The Bertz CT molecular complexity index is 812. The molecule has 0 unspecified atom stereocenters. The standard InChI is InChI=1S/C17H14F4N6/c18-12-6-10(7-13(19)16(12)24-26-22)4-2-1-3-5-11-8-14(20)17(25-27-23)15(21)9-11/h6-9H,1-5H2. The van der Waals surface area contributed by atoms with Crippen molar-refractivity contribution in [1.29, 1.82) is 0 Å². The van der Waals surface area contributed by atoms with E-state index in [-0.39, 0.29) is 0 Å². The number of aryl methyl sites for hydroxylation is 2. The summed E-state index contributed by atoms with van der Waals surface area (Å²) in [6.45, 7) is 0. The van der Waals surface area contributed by atoms with Crippen LogP contribution in [-0.2, 0) is 12.8 Å². The molecular weight excluding hydrogens is 364 g/mol. The predicted molar refractivity (Wildman–Crippen MR) is 91.6 cm³/mol. The van der Waals surface area contributed by atoms with E-state index < -0.39 is 34.6 Å². The number of unbranched alkanes of at least 4 members (excludes halogenated alkanes) is 2. The molecule has 2 aromatic rings. The highest BCUT2D eigenvalue weighted by Gasteiger charge is 2.11. The number of rotatable bonds is 8. The van der Waals surface area contributed by atoms with Crippen LogP contribution in [0.25, 0.3) is 20.9 Å². The number of halogens is 4. The van der Waals surface area contributed by atoms with Crippen LogP contribution in [0, 0.1) is 23.3 Å². The maximum absolute atomic E-state index is 13.7. The van der Waals surface area contributed by atoms with Gasteiger partial charge in [-0.3, -0.25) is 0 Å². The third-order valence-corrected chi connectivity index (χ3v) is 3.87. The van der Waals surface area contributed by atoms with Crippen LogP contribution in [-0.4, -0.2) is 0 Å².